The maximum Gasteiger partial charge on any atom is 0.149 e. The smallest absolute Gasteiger partial charge is 0.149 e. The zero-order valence-electron chi connectivity index (χ0n) is 11.2. The monoisotopic (exact) mass is 262 g/mol. The van der Waals surface area contributed by atoms with Gasteiger partial charge in [0, 0.05) is 19.2 Å². The molecule has 3 N–H and O–H groups in total. The van der Waals surface area contributed by atoms with Gasteiger partial charge >= 0.3 is 0 Å². The molecule has 0 radical (unpaired) electrons. The Morgan fingerprint density at radius 1 is 1.11 bits per heavy atom. The lowest BCUT2D eigenvalue weighted by Gasteiger charge is -2.20. The first kappa shape index (κ1) is 13.4. The van der Waals surface area contributed by atoms with Crippen molar-refractivity contribution in [2.24, 2.45) is 7.05 Å². The molecule has 2 aromatic rings. The molecule has 0 amide bonds. The van der Waals surface area contributed by atoms with E-state index in [1.54, 1.807) is 18.5 Å². The van der Waals surface area contributed by atoms with Gasteiger partial charge in [-0.1, -0.05) is 0 Å². The molecule has 0 aliphatic rings. The fraction of sp³-hybridized carbons (Fsp3) is 0.385. The van der Waals surface area contributed by atoms with E-state index in [2.05, 4.69) is 15.5 Å². The zero-order valence-corrected chi connectivity index (χ0v) is 11.2. The molecule has 6 heteroatoms. The molecule has 0 saturated heterocycles. The van der Waals surface area contributed by atoms with Crippen LogP contribution in [0.3, 0.4) is 0 Å². The Morgan fingerprint density at radius 2 is 1.74 bits per heavy atom. The highest BCUT2D eigenvalue weighted by atomic mass is 16.3. The number of rotatable bonds is 4. The number of aromatic nitrogens is 3. The first-order chi connectivity index (χ1) is 8.97. The van der Waals surface area contributed by atoms with Crippen molar-refractivity contribution in [1.29, 1.82) is 0 Å². The summed E-state index contributed by atoms with van der Waals surface area (Å²) in [6.07, 6.45) is 1.65. The lowest BCUT2D eigenvalue weighted by atomic mass is 10.1. The van der Waals surface area contributed by atoms with E-state index in [0.717, 1.165) is 11.4 Å². The Labute approximate surface area is 111 Å². The third-order valence-electron chi connectivity index (χ3n) is 3.06. The zero-order chi connectivity index (χ0) is 14.0. The number of benzene rings is 1. The molecule has 19 heavy (non-hydrogen) atoms. The Morgan fingerprint density at radius 3 is 2.26 bits per heavy atom. The van der Waals surface area contributed by atoms with Crippen molar-refractivity contribution in [2.45, 2.75) is 25.9 Å². The molecule has 102 valence electrons. The minimum atomic E-state index is -0.0373. The van der Waals surface area contributed by atoms with Crippen LogP contribution in [-0.4, -0.2) is 25.0 Å². The van der Waals surface area contributed by atoms with Crippen LogP contribution in [-0.2, 0) is 7.05 Å². The van der Waals surface area contributed by atoms with E-state index in [0.29, 0.717) is 0 Å². The standard InChI is InChI=1S/C13H18N4O2/c1-8(10-4-11(18)6-12(19)5-10)15-9(2)13-16-14-7-17(13)3/h4-9,15,18-19H,1-3H3. The molecule has 2 rings (SSSR count). The van der Waals surface area contributed by atoms with Gasteiger partial charge in [0.15, 0.2) is 0 Å². The average Bonchev–Trinajstić information content (AvgIpc) is 2.74. The summed E-state index contributed by atoms with van der Waals surface area (Å²) in [5.41, 5.74) is 0.812. The van der Waals surface area contributed by atoms with Crippen molar-refractivity contribution in [2.75, 3.05) is 0 Å². The molecule has 0 spiro atoms. The van der Waals surface area contributed by atoms with E-state index in [-0.39, 0.29) is 23.6 Å². The van der Waals surface area contributed by atoms with Crippen molar-refractivity contribution in [3.8, 4) is 11.5 Å². The molecule has 1 aromatic carbocycles. The summed E-state index contributed by atoms with van der Waals surface area (Å²) in [6.45, 7) is 3.95. The number of hydrogen-bond acceptors (Lipinski definition) is 5. The summed E-state index contributed by atoms with van der Waals surface area (Å²) in [7, 11) is 1.89. The van der Waals surface area contributed by atoms with Crippen molar-refractivity contribution in [3.63, 3.8) is 0 Å². The van der Waals surface area contributed by atoms with E-state index >= 15 is 0 Å². The van der Waals surface area contributed by atoms with Gasteiger partial charge < -0.3 is 20.1 Å². The molecular formula is C13H18N4O2. The van der Waals surface area contributed by atoms with Gasteiger partial charge in [0.25, 0.3) is 0 Å². The topological polar surface area (TPSA) is 83.2 Å². The summed E-state index contributed by atoms with van der Waals surface area (Å²) < 4.78 is 1.85. The van der Waals surface area contributed by atoms with Crippen LogP contribution in [0, 0.1) is 0 Å². The van der Waals surface area contributed by atoms with Gasteiger partial charge in [-0.2, -0.15) is 0 Å². The van der Waals surface area contributed by atoms with Crippen LogP contribution in [0.4, 0.5) is 0 Å². The second kappa shape index (κ2) is 5.27. The first-order valence-electron chi connectivity index (χ1n) is 6.10. The molecule has 0 saturated carbocycles. The fourth-order valence-corrected chi connectivity index (χ4v) is 2.10. The SMILES string of the molecule is CC(NC(C)c1nncn1C)c1cc(O)cc(O)c1. The lowest BCUT2D eigenvalue weighted by Crippen LogP contribution is -2.24. The van der Waals surface area contributed by atoms with Crippen molar-refractivity contribution < 1.29 is 10.2 Å². The second-order valence-electron chi connectivity index (χ2n) is 4.69. The Kier molecular flexibility index (Phi) is 3.71. The van der Waals surface area contributed by atoms with Crippen molar-refractivity contribution >= 4 is 0 Å². The van der Waals surface area contributed by atoms with Gasteiger partial charge in [0.05, 0.1) is 6.04 Å². The van der Waals surface area contributed by atoms with E-state index in [1.165, 1.54) is 6.07 Å². The summed E-state index contributed by atoms with van der Waals surface area (Å²) in [5, 5.41) is 30.2. The third-order valence-corrected chi connectivity index (χ3v) is 3.06. The van der Waals surface area contributed by atoms with Gasteiger partial charge in [-0.05, 0) is 31.5 Å². The number of phenols is 2. The highest BCUT2D eigenvalue weighted by Gasteiger charge is 2.15. The molecular weight excluding hydrogens is 244 g/mol. The third kappa shape index (κ3) is 3.03. The van der Waals surface area contributed by atoms with E-state index < -0.39 is 0 Å². The van der Waals surface area contributed by atoms with Crippen LogP contribution in [0.2, 0.25) is 0 Å². The molecule has 0 bridgehead atoms. The van der Waals surface area contributed by atoms with E-state index in [9.17, 15) is 10.2 Å². The normalized spacial score (nSPS) is 14.3. The van der Waals surface area contributed by atoms with Gasteiger partial charge in [-0.15, -0.1) is 10.2 Å². The molecule has 6 nitrogen and oxygen atoms in total. The first-order valence-corrected chi connectivity index (χ1v) is 6.10. The van der Waals surface area contributed by atoms with Crippen LogP contribution >= 0.6 is 0 Å². The molecule has 0 aliphatic carbocycles. The Balaban J connectivity index is 2.12. The van der Waals surface area contributed by atoms with Crippen molar-refractivity contribution in [3.05, 3.63) is 35.9 Å². The minimum Gasteiger partial charge on any atom is -0.508 e. The largest absolute Gasteiger partial charge is 0.508 e. The molecule has 2 atom stereocenters. The molecule has 2 unspecified atom stereocenters. The van der Waals surface area contributed by atoms with Crippen LogP contribution < -0.4 is 5.32 Å². The van der Waals surface area contributed by atoms with Gasteiger partial charge in [-0.3, -0.25) is 0 Å². The second-order valence-corrected chi connectivity index (χ2v) is 4.69. The van der Waals surface area contributed by atoms with E-state index in [4.69, 9.17) is 0 Å². The van der Waals surface area contributed by atoms with Crippen LogP contribution in [0.1, 0.15) is 37.3 Å². The van der Waals surface area contributed by atoms with Gasteiger partial charge in [-0.25, -0.2) is 0 Å². The van der Waals surface area contributed by atoms with E-state index in [1.807, 2.05) is 25.5 Å². The number of nitrogens with zero attached hydrogens (tertiary/aromatic N) is 3. The Hall–Kier alpha value is -2.08. The molecule has 1 heterocycles. The Bertz CT molecular complexity index is 547. The van der Waals surface area contributed by atoms with Crippen molar-refractivity contribution in [1.82, 2.24) is 20.1 Å². The number of aryl methyl sites for hydroxylation is 1. The summed E-state index contributed by atoms with van der Waals surface area (Å²) >= 11 is 0. The molecule has 0 aliphatic heterocycles. The summed E-state index contributed by atoms with van der Waals surface area (Å²) in [6, 6.07) is 4.53. The van der Waals surface area contributed by atoms with Gasteiger partial charge in [0.1, 0.15) is 23.7 Å². The maximum atomic E-state index is 9.49. The quantitative estimate of drug-likeness (QED) is 0.780. The fourth-order valence-electron chi connectivity index (χ4n) is 2.10. The summed E-state index contributed by atoms with van der Waals surface area (Å²) in [4.78, 5) is 0. The number of aromatic hydroxyl groups is 2. The van der Waals surface area contributed by atoms with Gasteiger partial charge in [0.2, 0.25) is 0 Å². The predicted octanol–water partition coefficient (Wildman–Crippen LogP) is 1.64. The highest BCUT2D eigenvalue weighted by molar-refractivity contribution is 5.38. The lowest BCUT2D eigenvalue weighted by molar-refractivity contribution is 0.437. The number of hydrogen-bond donors (Lipinski definition) is 3. The minimum absolute atomic E-state index is 0.00647. The summed E-state index contributed by atoms with van der Waals surface area (Å²) in [5.74, 6) is 0.932. The highest BCUT2D eigenvalue weighted by Crippen LogP contribution is 2.26. The van der Waals surface area contributed by atoms with Crippen LogP contribution in [0.25, 0.3) is 0 Å². The van der Waals surface area contributed by atoms with Crippen LogP contribution in [0.15, 0.2) is 24.5 Å². The predicted molar refractivity (Wildman–Crippen MR) is 70.7 cm³/mol. The van der Waals surface area contributed by atoms with Crippen LogP contribution in [0.5, 0.6) is 11.5 Å². The molecule has 1 aromatic heterocycles. The number of nitrogens with one attached hydrogen (secondary N) is 1. The maximum absolute atomic E-state index is 9.49. The number of phenolic OH excluding ortho intramolecular Hbond substituents is 2. The molecule has 0 fully saturated rings. The average molecular weight is 262 g/mol.